The van der Waals surface area contributed by atoms with Gasteiger partial charge in [-0.1, -0.05) is 39.8 Å². The highest BCUT2D eigenvalue weighted by Crippen LogP contribution is 2.38. The lowest BCUT2D eigenvalue weighted by atomic mass is 10.1. The molecule has 26 heavy (non-hydrogen) atoms. The summed E-state index contributed by atoms with van der Waals surface area (Å²) in [5.41, 5.74) is 0.941. The lowest BCUT2D eigenvalue weighted by Crippen LogP contribution is -2.31. The van der Waals surface area contributed by atoms with Gasteiger partial charge >= 0.3 is 6.18 Å². The first-order chi connectivity index (χ1) is 12.1. The van der Waals surface area contributed by atoms with E-state index in [1.807, 2.05) is 24.3 Å². The predicted molar refractivity (Wildman–Crippen MR) is 103 cm³/mol. The number of aromatic nitrogens is 1. The number of hydrogen-bond donors (Lipinski definition) is 1. The van der Waals surface area contributed by atoms with Gasteiger partial charge in [0.15, 0.2) is 10.8 Å². The van der Waals surface area contributed by atoms with E-state index in [0.717, 1.165) is 35.8 Å². The summed E-state index contributed by atoms with van der Waals surface area (Å²) in [6.07, 6.45) is -4.43. The van der Waals surface area contributed by atoms with Crippen LogP contribution in [0.1, 0.15) is 38.3 Å². The number of anilines is 3. The van der Waals surface area contributed by atoms with Crippen LogP contribution in [0.25, 0.3) is 0 Å². The fraction of sp³-hybridized carbons (Fsp3) is 0.526. The molecule has 2 rings (SSSR count). The van der Waals surface area contributed by atoms with E-state index in [0.29, 0.717) is 11.8 Å². The van der Waals surface area contributed by atoms with Crippen molar-refractivity contribution in [3.63, 3.8) is 0 Å². The highest BCUT2D eigenvalue weighted by molar-refractivity contribution is 7.15. The van der Waals surface area contributed by atoms with E-state index in [2.05, 4.69) is 42.9 Å². The standard InChI is InChI=1S/C19H26F3N3S/c1-12(2)10-25(11-13(3)4)16-9-7-6-8-15(16)23-18-24-17(14(5)26-18)19(20,21)22/h6-9,12-13H,10-11H2,1-5H3,(H,23,24). The van der Waals surface area contributed by atoms with Gasteiger partial charge < -0.3 is 10.2 Å². The van der Waals surface area contributed by atoms with Crippen molar-refractivity contribution in [2.45, 2.75) is 40.8 Å². The summed E-state index contributed by atoms with van der Waals surface area (Å²) in [4.78, 5) is 6.21. The van der Waals surface area contributed by atoms with Crippen LogP contribution in [0.3, 0.4) is 0 Å². The molecule has 0 aliphatic heterocycles. The molecule has 0 saturated heterocycles. The smallest absolute Gasteiger partial charge is 0.369 e. The Kier molecular flexibility index (Phi) is 6.55. The lowest BCUT2D eigenvalue weighted by molar-refractivity contribution is -0.141. The van der Waals surface area contributed by atoms with Crippen LogP contribution >= 0.6 is 11.3 Å². The van der Waals surface area contributed by atoms with Crippen molar-refractivity contribution in [3.8, 4) is 0 Å². The number of nitrogens with one attached hydrogen (secondary N) is 1. The Bertz CT molecular complexity index is 713. The summed E-state index contributed by atoms with van der Waals surface area (Å²) in [6, 6.07) is 7.70. The molecule has 1 aromatic carbocycles. The van der Waals surface area contributed by atoms with E-state index < -0.39 is 11.9 Å². The summed E-state index contributed by atoms with van der Waals surface area (Å²) < 4.78 is 39.0. The Morgan fingerprint density at radius 2 is 1.65 bits per heavy atom. The number of benzene rings is 1. The minimum absolute atomic E-state index is 0.165. The molecule has 1 heterocycles. The maximum atomic E-state index is 13.0. The van der Waals surface area contributed by atoms with E-state index >= 15 is 0 Å². The summed E-state index contributed by atoms with van der Waals surface area (Å²) in [5, 5.41) is 3.36. The predicted octanol–water partition coefficient (Wildman–Crippen LogP) is 6.33. The van der Waals surface area contributed by atoms with Gasteiger partial charge in [-0.25, -0.2) is 4.98 Å². The van der Waals surface area contributed by atoms with Crippen LogP contribution in [-0.4, -0.2) is 18.1 Å². The fourth-order valence-corrected chi connectivity index (χ4v) is 3.68. The topological polar surface area (TPSA) is 28.2 Å². The van der Waals surface area contributed by atoms with Crippen molar-refractivity contribution in [1.29, 1.82) is 0 Å². The third-order valence-electron chi connectivity index (χ3n) is 3.72. The molecule has 0 atom stereocenters. The number of alkyl halides is 3. The zero-order valence-electron chi connectivity index (χ0n) is 15.8. The molecule has 0 bridgehead atoms. The average molecular weight is 385 g/mol. The molecule has 7 heteroatoms. The first-order valence-electron chi connectivity index (χ1n) is 8.73. The van der Waals surface area contributed by atoms with Crippen molar-refractivity contribution < 1.29 is 13.2 Å². The monoisotopic (exact) mass is 385 g/mol. The zero-order valence-corrected chi connectivity index (χ0v) is 16.6. The van der Waals surface area contributed by atoms with Crippen molar-refractivity contribution in [1.82, 2.24) is 4.98 Å². The molecule has 0 aliphatic carbocycles. The normalized spacial score (nSPS) is 12.1. The number of thiazole rings is 1. The van der Waals surface area contributed by atoms with E-state index in [-0.39, 0.29) is 10.0 Å². The summed E-state index contributed by atoms with van der Waals surface area (Å²) in [7, 11) is 0. The largest absolute Gasteiger partial charge is 0.434 e. The molecule has 0 fully saturated rings. The molecule has 144 valence electrons. The van der Waals surface area contributed by atoms with E-state index in [4.69, 9.17) is 0 Å². The molecule has 0 saturated carbocycles. The first kappa shape index (κ1) is 20.6. The maximum absolute atomic E-state index is 13.0. The Morgan fingerprint density at radius 3 is 2.15 bits per heavy atom. The SMILES string of the molecule is Cc1sc(Nc2ccccc2N(CC(C)C)CC(C)C)nc1C(F)(F)F. The molecule has 3 nitrogen and oxygen atoms in total. The number of nitrogens with zero attached hydrogens (tertiary/aromatic N) is 2. The van der Waals surface area contributed by atoms with Gasteiger partial charge in [-0.05, 0) is 30.9 Å². The number of aryl methyl sites for hydroxylation is 1. The minimum atomic E-state index is -4.43. The second-order valence-corrected chi connectivity index (χ2v) is 8.46. The molecular formula is C19H26F3N3S. The van der Waals surface area contributed by atoms with Gasteiger partial charge in [0.1, 0.15) is 0 Å². The molecule has 2 aromatic rings. The van der Waals surface area contributed by atoms with Crippen LogP contribution in [0.15, 0.2) is 24.3 Å². The van der Waals surface area contributed by atoms with Crippen molar-refractivity contribution in [2.24, 2.45) is 11.8 Å². The second-order valence-electron chi connectivity index (χ2n) is 7.26. The second kappa shape index (κ2) is 8.29. The van der Waals surface area contributed by atoms with Crippen LogP contribution in [0.5, 0.6) is 0 Å². The van der Waals surface area contributed by atoms with Gasteiger partial charge in [0.25, 0.3) is 0 Å². The summed E-state index contributed by atoms with van der Waals surface area (Å²) in [6.45, 7) is 11.8. The molecule has 0 amide bonds. The molecule has 0 unspecified atom stereocenters. The number of hydrogen-bond acceptors (Lipinski definition) is 4. The number of halogens is 3. The Hall–Kier alpha value is -1.76. The molecule has 1 aromatic heterocycles. The Balaban J connectivity index is 2.33. The lowest BCUT2D eigenvalue weighted by Gasteiger charge is -2.30. The molecule has 0 radical (unpaired) electrons. The average Bonchev–Trinajstić information content (AvgIpc) is 2.87. The van der Waals surface area contributed by atoms with E-state index in [1.165, 1.54) is 6.92 Å². The Morgan fingerprint density at radius 1 is 1.08 bits per heavy atom. The van der Waals surface area contributed by atoms with Crippen LogP contribution in [0.4, 0.5) is 29.7 Å². The highest BCUT2D eigenvalue weighted by atomic mass is 32.1. The molecule has 1 N–H and O–H groups in total. The van der Waals surface area contributed by atoms with Crippen LogP contribution in [0, 0.1) is 18.8 Å². The molecule has 0 aliphatic rings. The van der Waals surface area contributed by atoms with Crippen LogP contribution in [-0.2, 0) is 6.18 Å². The van der Waals surface area contributed by atoms with Gasteiger partial charge in [0.2, 0.25) is 0 Å². The van der Waals surface area contributed by atoms with Crippen molar-refractivity contribution >= 4 is 27.8 Å². The molecular weight excluding hydrogens is 359 g/mol. The van der Waals surface area contributed by atoms with Gasteiger partial charge in [-0.3, -0.25) is 0 Å². The summed E-state index contributed by atoms with van der Waals surface area (Å²) >= 11 is 1.02. The van der Waals surface area contributed by atoms with E-state index in [9.17, 15) is 13.2 Å². The van der Waals surface area contributed by atoms with Crippen LogP contribution in [0.2, 0.25) is 0 Å². The van der Waals surface area contributed by atoms with Gasteiger partial charge in [0, 0.05) is 18.0 Å². The number of para-hydroxylation sites is 2. The van der Waals surface area contributed by atoms with Gasteiger partial charge in [-0.2, -0.15) is 13.2 Å². The minimum Gasteiger partial charge on any atom is -0.369 e. The van der Waals surface area contributed by atoms with Gasteiger partial charge in [-0.15, -0.1) is 11.3 Å². The van der Waals surface area contributed by atoms with Crippen molar-refractivity contribution in [2.75, 3.05) is 23.3 Å². The fourth-order valence-electron chi connectivity index (χ4n) is 2.84. The maximum Gasteiger partial charge on any atom is 0.434 e. The zero-order chi connectivity index (χ0) is 19.5. The number of rotatable bonds is 7. The van der Waals surface area contributed by atoms with E-state index in [1.54, 1.807) is 0 Å². The summed E-state index contributed by atoms with van der Waals surface area (Å²) in [5.74, 6) is 0.946. The Labute approximate surface area is 157 Å². The molecule has 0 spiro atoms. The van der Waals surface area contributed by atoms with Crippen molar-refractivity contribution in [3.05, 3.63) is 34.8 Å². The van der Waals surface area contributed by atoms with Crippen LogP contribution < -0.4 is 10.2 Å². The van der Waals surface area contributed by atoms with Gasteiger partial charge in [0.05, 0.1) is 11.4 Å². The third-order valence-corrected chi connectivity index (χ3v) is 4.61. The quantitative estimate of drug-likeness (QED) is 0.603. The first-order valence-corrected chi connectivity index (χ1v) is 9.55. The third kappa shape index (κ3) is 5.37. The highest BCUT2D eigenvalue weighted by Gasteiger charge is 2.36.